The van der Waals surface area contributed by atoms with Gasteiger partial charge in [-0.05, 0) is 98.0 Å². The van der Waals surface area contributed by atoms with Crippen LogP contribution in [0.4, 0.5) is 32.0 Å². The number of carboxylic acid groups (broad SMARTS) is 1. The Hall–Kier alpha value is -1.95. The van der Waals surface area contributed by atoms with Crippen LogP contribution in [0.5, 0.6) is 5.75 Å². The number of anilines is 1. The van der Waals surface area contributed by atoms with Crippen LogP contribution >= 0.6 is 0 Å². The van der Waals surface area contributed by atoms with E-state index in [1.807, 2.05) is 25.2 Å². The van der Waals surface area contributed by atoms with Gasteiger partial charge in [0.1, 0.15) is 12.4 Å². The van der Waals surface area contributed by atoms with E-state index in [2.05, 4.69) is 4.90 Å². The first kappa shape index (κ1) is 33.0. The van der Waals surface area contributed by atoms with E-state index in [9.17, 15) is 36.2 Å². The summed E-state index contributed by atoms with van der Waals surface area (Å²) in [7, 11) is 1.97. The monoisotopic (exact) mass is 606 g/mol. The molecule has 0 spiro atoms. The minimum Gasteiger partial charge on any atom is -0.550 e. The largest absolute Gasteiger partial charge is 1.00 e. The molecule has 2 aromatic rings. The topological polar surface area (TPSA) is 55.8 Å². The Labute approximate surface area is 263 Å². The molecule has 0 radical (unpaired) electrons. The van der Waals surface area contributed by atoms with Crippen molar-refractivity contribution in [1.29, 1.82) is 0 Å². The molecule has 5 rings (SSSR count). The zero-order valence-electron chi connectivity index (χ0n) is 23.9. The molecular formula is C30H33F6N2NaO3. The average molecular weight is 607 g/mol. The molecule has 42 heavy (non-hydrogen) atoms. The maximum absolute atomic E-state index is 13.6. The molecule has 0 amide bonds. The maximum Gasteiger partial charge on any atom is 1.00 e. The van der Waals surface area contributed by atoms with Gasteiger partial charge in [-0.1, -0.05) is 13.0 Å². The number of ether oxygens (including phenoxy) is 1. The van der Waals surface area contributed by atoms with Crippen molar-refractivity contribution in [3.8, 4) is 5.75 Å². The van der Waals surface area contributed by atoms with Crippen LogP contribution in [0.25, 0.3) is 0 Å². The van der Waals surface area contributed by atoms with E-state index < -0.39 is 35.4 Å². The number of piperidine rings is 1. The van der Waals surface area contributed by atoms with Crippen LogP contribution in [0.15, 0.2) is 36.4 Å². The molecule has 3 aliphatic rings. The fourth-order valence-corrected chi connectivity index (χ4v) is 6.54. The molecule has 0 aromatic heterocycles. The van der Waals surface area contributed by atoms with Crippen LogP contribution in [-0.2, 0) is 23.7 Å². The number of alkyl halides is 6. The fraction of sp³-hybridized carbons (Fsp3) is 0.567. The second-order valence-corrected chi connectivity index (χ2v) is 11.7. The summed E-state index contributed by atoms with van der Waals surface area (Å²) in [6.45, 7) is 2.80. The van der Waals surface area contributed by atoms with E-state index in [0.717, 1.165) is 24.1 Å². The molecule has 5 nitrogen and oxygen atoms in total. The van der Waals surface area contributed by atoms with Crippen LogP contribution in [0, 0.1) is 17.8 Å². The molecule has 3 atom stereocenters. The van der Waals surface area contributed by atoms with Gasteiger partial charge in [0, 0.05) is 25.5 Å². The molecule has 2 fully saturated rings. The van der Waals surface area contributed by atoms with Crippen molar-refractivity contribution in [2.45, 2.75) is 63.5 Å². The zero-order valence-corrected chi connectivity index (χ0v) is 25.9. The van der Waals surface area contributed by atoms with E-state index in [1.54, 1.807) is 11.8 Å². The Morgan fingerprint density at radius 1 is 1.00 bits per heavy atom. The summed E-state index contributed by atoms with van der Waals surface area (Å²) < 4.78 is 86.4. The van der Waals surface area contributed by atoms with Gasteiger partial charge >= 0.3 is 41.9 Å². The van der Waals surface area contributed by atoms with Crippen molar-refractivity contribution in [3.63, 3.8) is 0 Å². The third-order valence-corrected chi connectivity index (χ3v) is 9.00. The second kappa shape index (κ2) is 12.6. The molecule has 0 unspecified atom stereocenters. The first-order chi connectivity index (χ1) is 19.2. The second-order valence-electron chi connectivity index (χ2n) is 11.7. The molecule has 2 aromatic carbocycles. The number of likely N-dealkylation sites (N-methyl/N-ethyl adjacent to an activating group) is 1. The number of aliphatic carboxylic acids is 1. The molecule has 1 saturated heterocycles. The number of nitrogens with zero attached hydrogens (tertiary/aromatic N) is 2. The van der Waals surface area contributed by atoms with Crippen LogP contribution in [-0.4, -0.2) is 43.7 Å². The van der Waals surface area contributed by atoms with Crippen molar-refractivity contribution in [3.05, 3.63) is 58.7 Å². The summed E-state index contributed by atoms with van der Waals surface area (Å²) in [6.07, 6.45) is -6.20. The van der Waals surface area contributed by atoms with Gasteiger partial charge in [0.15, 0.2) is 0 Å². The number of fused-ring (bicyclic) bond motifs is 1. The van der Waals surface area contributed by atoms with E-state index in [-0.39, 0.29) is 59.5 Å². The summed E-state index contributed by atoms with van der Waals surface area (Å²) in [4.78, 5) is 15.6. The van der Waals surface area contributed by atoms with Gasteiger partial charge < -0.3 is 19.5 Å². The van der Waals surface area contributed by atoms with Gasteiger partial charge in [-0.15, -0.1) is 0 Å². The van der Waals surface area contributed by atoms with Gasteiger partial charge in [-0.2, -0.15) is 26.3 Å². The average Bonchev–Trinajstić information content (AvgIpc) is 3.74. The number of hydrogen-bond donors (Lipinski definition) is 0. The molecule has 2 heterocycles. The Balaban J connectivity index is 0.00000405. The summed E-state index contributed by atoms with van der Waals surface area (Å²) in [5.41, 5.74) is -0.696. The molecule has 12 heteroatoms. The van der Waals surface area contributed by atoms with Gasteiger partial charge in [0.25, 0.3) is 0 Å². The van der Waals surface area contributed by atoms with E-state index >= 15 is 0 Å². The van der Waals surface area contributed by atoms with Gasteiger partial charge in [-0.25, -0.2) is 0 Å². The van der Waals surface area contributed by atoms with E-state index in [4.69, 9.17) is 4.74 Å². The van der Waals surface area contributed by atoms with Crippen molar-refractivity contribution >= 4 is 11.7 Å². The predicted octanol–water partition coefficient (Wildman–Crippen LogP) is 2.72. The van der Waals surface area contributed by atoms with Gasteiger partial charge in [-0.3, -0.25) is 4.90 Å². The third-order valence-electron chi connectivity index (χ3n) is 9.00. The number of carbonyl (C=O) groups excluding carboxylic acids is 1. The third kappa shape index (κ3) is 7.05. The van der Waals surface area contributed by atoms with Crippen molar-refractivity contribution in [2.75, 3.05) is 31.6 Å². The van der Waals surface area contributed by atoms with E-state index in [1.165, 1.54) is 0 Å². The minimum absolute atomic E-state index is 0. The first-order valence-electron chi connectivity index (χ1n) is 13.9. The predicted molar refractivity (Wildman–Crippen MR) is 138 cm³/mol. The molecule has 2 aliphatic heterocycles. The van der Waals surface area contributed by atoms with Gasteiger partial charge in [0.2, 0.25) is 0 Å². The quantitative estimate of drug-likeness (QED) is 0.359. The standard InChI is InChI=1S/C30H34F6N2O3.Na/c1-17(28(39)40)27(19-3-4-19)20-5-8-26-24(14-20)37(2)25(16-41-26)18-9-11-38(12-10-18)15-21-13-22(29(31,32)33)6-7-23(21)30(34,35)36;/h5-8,13-14,17-19,25,27H,3-4,9-12,15-16H2,1-2H3,(H,39,40);/q;+1/p-1/t17-,25-,27+;/m0./s1. The van der Waals surface area contributed by atoms with Crippen molar-refractivity contribution < 1.29 is 70.5 Å². The molecule has 1 aliphatic carbocycles. The van der Waals surface area contributed by atoms with Crippen LogP contribution in [0.1, 0.15) is 60.8 Å². The molecule has 224 valence electrons. The Kier molecular flexibility index (Phi) is 9.87. The Morgan fingerprint density at radius 2 is 1.67 bits per heavy atom. The number of benzene rings is 2. The molecular weight excluding hydrogens is 573 g/mol. The molecule has 0 N–H and O–H groups in total. The SMILES string of the molecule is C[C@H](C(=O)[O-])[C@@H](c1ccc2c(c1)N(C)[C@H](C1CCN(Cc3cc(C(F)(F)F)ccc3C(F)(F)F)CC1)CO2)C1CC1.[Na+]. The van der Waals surface area contributed by atoms with E-state index in [0.29, 0.717) is 62.4 Å². The first-order valence-corrected chi connectivity index (χ1v) is 13.9. The number of rotatable bonds is 7. The zero-order chi connectivity index (χ0) is 29.7. The summed E-state index contributed by atoms with van der Waals surface area (Å²) in [6, 6.07) is 7.42. The maximum atomic E-state index is 13.6. The minimum atomic E-state index is -4.75. The van der Waals surface area contributed by atoms with Crippen LogP contribution in [0.3, 0.4) is 0 Å². The normalized spacial score (nSPS) is 21.6. The van der Waals surface area contributed by atoms with Crippen LogP contribution < -0.4 is 44.3 Å². The van der Waals surface area contributed by atoms with Crippen molar-refractivity contribution in [2.24, 2.45) is 17.8 Å². The van der Waals surface area contributed by atoms with Crippen LogP contribution in [0.2, 0.25) is 0 Å². The molecule has 1 saturated carbocycles. The smallest absolute Gasteiger partial charge is 0.550 e. The summed E-state index contributed by atoms with van der Waals surface area (Å²) in [5.74, 6) is -0.639. The number of carboxylic acids is 1. The van der Waals surface area contributed by atoms with Crippen molar-refractivity contribution in [1.82, 2.24) is 4.90 Å². The number of halogens is 6. The Morgan fingerprint density at radius 3 is 2.24 bits per heavy atom. The number of carbonyl (C=O) groups is 1. The van der Waals surface area contributed by atoms with Gasteiger partial charge in [0.05, 0.1) is 22.9 Å². The Bertz CT molecular complexity index is 1270. The summed E-state index contributed by atoms with van der Waals surface area (Å²) >= 11 is 0. The molecule has 0 bridgehead atoms. The number of hydrogen-bond acceptors (Lipinski definition) is 5. The summed E-state index contributed by atoms with van der Waals surface area (Å²) in [5, 5.41) is 11.7. The number of likely N-dealkylation sites (tertiary alicyclic amines) is 1. The fourth-order valence-electron chi connectivity index (χ4n) is 6.54.